The van der Waals surface area contributed by atoms with E-state index in [1.807, 2.05) is 32.0 Å². The van der Waals surface area contributed by atoms with E-state index in [0.29, 0.717) is 13.2 Å². The Morgan fingerprint density at radius 2 is 2.06 bits per heavy atom. The van der Waals surface area contributed by atoms with Crippen LogP contribution in [0.25, 0.3) is 0 Å². The lowest BCUT2D eigenvalue weighted by atomic mass is 10.2. The van der Waals surface area contributed by atoms with Gasteiger partial charge in [0.1, 0.15) is 6.61 Å². The summed E-state index contributed by atoms with van der Waals surface area (Å²) >= 11 is 3.45. The van der Waals surface area contributed by atoms with Crippen molar-refractivity contribution in [3.63, 3.8) is 0 Å². The highest BCUT2D eigenvalue weighted by atomic mass is 79.9. The van der Waals surface area contributed by atoms with Gasteiger partial charge in [0.2, 0.25) is 0 Å². The molecule has 0 saturated carbocycles. The molecule has 0 spiro atoms. The number of hydrogen-bond acceptors (Lipinski definition) is 3. The lowest BCUT2D eigenvalue weighted by Gasteiger charge is -2.17. The maximum Gasteiger partial charge on any atom is 0.165 e. The third-order valence-electron chi connectivity index (χ3n) is 2.37. The van der Waals surface area contributed by atoms with Crippen molar-refractivity contribution in [3.8, 4) is 11.5 Å². The van der Waals surface area contributed by atoms with Crippen LogP contribution in [-0.4, -0.2) is 26.4 Å². The average molecular weight is 303 g/mol. The lowest BCUT2D eigenvalue weighted by molar-refractivity contribution is 0.0700. The van der Waals surface area contributed by atoms with Crippen LogP contribution >= 0.6 is 15.9 Å². The molecular weight excluding hydrogens is 284 g/mol. The van der Waals surface area contributed by atoms with E-state index in [4.69, 9.17) is 14.2 Å². The number of alkyl halides is 1. The Morgan fingerprint density at radius 3 is 2.65 bits per heavy atom. The fourth-order valence-electron chi connectivity index (χ4n) is 1.37. The van der Waals surface area contributed by atoms with Crippen LogP contribution in [0.1, 0.15) is 19.4 Å². The Labute approximate surface area is 111 Å². The zero-order valence-electron chi connectivity index (χ0n) is 10.5. The van der Waals surface area contributed by atoms with E-state index in [2.05, 4.69) is 15.9 Å². The molecule has 0 aromatic heterocycles. The first-order chi connectivity index (χ1) is 8.22. The van der Waals surface area contributed by atoms with Crippen LogP contribution in [-0.2, 0) is 10.1 Å². The summed E-state index contributed by atoms with van der Waals surface area (Å²) in [4.78, 5) is 0. The molecule has 0 saturated heterocycles. The lowest BCUT2D eigenvalue weighted by Crippen LogP contribution is -2.17. The molecule has 1 rings (SSSR count). The number of hydrogen-bond donors (Lipinski definition) is 0. The molecule has 0 N–H and O–H groups in total. The van der Waals surface area contributed by atoms with Gasteiger partial charge in [-0.15, -0.1) is 0 Å². The zero-order chi connectivity index (χ0) is 12.7. The predicted octanol–water partition coefficient (Wildman–Crippen LogP) is 3.39. The topological polar surface area (TPSA) is 27.7 Å². The molecule has 0 bridgehead atoms. The molecule has 1 aromatic carbocycles. The van der Waals surface area contributed by atoms with Gasteiger partial charge in [-0.3, -0.25) is 0 Å². The molecule has 0 fully saturated rings. The summed E-state index contributed by atoms with van der Waals surface area (Å²) in [6.07, 6.45) is 0.0628. The van der Waals surface area contributed by atoms with Gasteiger partial charge in [0.15, 0.2) is 11.5 Å². The first-order valence-electron chi connectivity index (χ1n) is 5.69. The highest BCUT2D eigenvalue weighted by Crippen LogP contribution is 2.32. The summed E-state index contributed by atoms with van der Waals surface area (Å²) < 4.78 is 16.5. The molecule has 1 unspecified atom stereocenters. The van der Waals surface area contributed by atoms with Gasteiger partial charge in [-0.1, -0.05) is 28.1 Å². The molecule has 0 amide bonds. The predicted molar refractivity (Wildman–Crippen MR) is 72.2 cm³/mol. The van der Waals surface area contributed by atoms with Crippen molar-refractivity contribution in [2.45, 2.75) is 25.3 Å². The first-order valence-corrected chi connectivity index (χ1v) is 6.81. The monoisotopic (exact) mass is 302 g/mol. The second-order valence-electron chi connectivity index (χ2n) is 3.67. The van der Waals surface area contributed by atoms with Crippen LogP contribution in [0.3, 0.4) is 0 Å². The molecule has 17 heavy (non-hydrogen) atoms. The van der Waals surface area contributed by atoms with Gasteiger partial charge in [-0.25, -0.2) is 0 Å². The van der Waals surface area contributed by atoms with Gasteiger partial charge in [0, 0.05) is 18.0 Å². The number of ether oxygens (including phenoxy) is 3. The van der Waals surface area contributed by atoms with E-state index in [9.17, 15) is 0 Å². The van der Waals surface area contributed by atoms with Gasteiger partial charge in [0.25, 0.3) is 0 Å². The van der Waals surface area contributed by atoms with Gasteiger partial charge >= 0.3 is 0 Å². The van der Waals surface area contributed by atoms with E-state index in [-0.39, 0.29) is 6.10 Å². The molecule has 0 aliphatic rings. The molecule has 0 aliphatic carbocycles. The normalized spacial score (nSPS) is 12.2. The van der Waals surface area contributed by atoms with Gasteiger partial charge in [-0.2, -0.15) is 0 Å². The quantitative estimate of drug-likeness (QED) is 0.723. The fourth-order valence-corrected chi connectivity index (χ4v) is 1.81. The van der Waals surface area contributed by atoms with Crippen LogP contribution in [0.4, 0.5) is 0 Å². The highest BCUT2D eigenvalue weighted by Gasteiger charge is 2.11. The Balaban J connectivity index is 2.84. The molecule has 0 radical (unpaired) electrons. The van der Waals surface area contributed by atoms with E-state index >= 15 is 0 Å². The number of para-hydroxylation sites is 1. The Morgan fingerprint density at radius 1 is 1.29 bits per heavy atom. The summed E-state index contributed by atoms with van der Waals surface area (Å²) in [5.74, 6) is 1.59. The first kappa shape index (κ1) is 14.3. The van der Waals surface area contributed by atoms with Gasteiger partial charge < -0.3 is 14.2 Å². The minimum Gasteiger partial charge on any atom is -0.490 e. The van der Waals surface area contributed by atoms with Crippen molar-refractivity contribution in [1.29, 1.82) is 0 Å². The largest absolute Gasteiger partial charge is 0.490 e. The van der Waals surface area contributed by atoms with Crippen LogP contribution in [0.5, 0.6) is 11.5 Å². The SMILES string of the molecule is CCOc1cccc(CBr)c1OCC(C)OC. The van der Waals surface area contributed by atoms with Crippen molar-refractivity contribution in [3.05, 3.63) is 23.8 Å². The number of benzene rings is 1. The molecular formula is C13H19BrO3. The van der Waals surface area contributed by atoms with E-state index < -0.39 is 0 Å². The van der Waals surface area contributed by atoms with Crippen molar-refractivity contribution >= 4 is 15.9 Å². The highest BCUT2D eigenvalue weighted by molar-refractivity contribution is 9.08. The van der Waals surface area contributed by atoms with Gasteiger partial charge in [-0.05, 0) is 19.9 Å². The molecule has 1 atom stereocenters. The Kier molecular flexibility index (Phi) is 6.37. The zero-order valence-corrected chi connectivity index (χ0v) is 12.1. The second kappa shape index (κ2) is 7.56. The van der Waals surface area contributed by atoms with E-state index in [1.165, 1.54) is 0 Å². The maximum absolute atomic E-state index is 5.78. The summed E-state index contributed by atoms with van der Waals surface area (Å²) in [7, 11) is 1.67. The van der Waals surface area contributed by atoms with E-state index in [1.54, 1.807) is 7.11 Å². The standard InChI is InChI=1S/C13H19BrO3/c1-4-16-12-7-5-6-11(8-14)13(12)17-9-10(2)15-3/h5-7,10H,4,8-9H2,1-3H3. The number of rotatable bonds is 7. The number of methoxy groups -OCH3 is 1. The van der Waals surface area contributed by atoms with Crippen molar-refractivity contribution in [1.82, 2.24) is 0 Å². The van der Waals surface area contributed by atoms with Crippen LogP contribution in [0.15, 0.2) is 18.2 Å². The third-order valence-corrected chi connectivity index (χ3v) is 2.97. The van der Waals surface area contributed by atoms with Crippen LogP contribution in [0, 0.1) is 0 Å². The minimum absolute atomic E-state index is 0.0628. The summed E-state index contributed by atoms with van der Waals surface area (Å²) in [5.41, 5.74) is 1.08. The smallest absolute Gasteiger partial charge is 0.165 e. The van der Waals surface area contributed by atoms with E-state index in [0.717, 1.165) is 22.4 Å². The fraction of sp³-hybridized carbons (Fsp3) is 0.538. The second-order valence-corrected chi connectivity index (χ2v) is 4.23. The van der Waals surface area contributed by atoms with Crippen molar-refractivity contribution in [2.75, 3.05) is 20.3 Å². The van der Waals surface area contributed by atoms with Crippen molar-refractivity contribution in [2.24, 2.45) is 0 Å². The van der Waals surface area contributed by atoms with Crippen LogP contribution in [0.2, 0.25) is 0 Å². The van der Waals surface area contributed by atoms with Gasteiger partial charge in [0.05, 0.1) is 12.7 Å². The maximum atomic E-state index is 5.78. The molecule has 4 heteroatoms. The minimum atomic E-state index is 0.0628. The average Bonchev–Trinajstić information content (AvgIpc) is 2.36. The van der Waals surface area contributed by atoms with Crippen molar-refractivity contribution < 1.29 is 14.2 Å². The molecule has 96 valence electrons. The number of halogens is 1. The molecule has 3 nitrogen and oxygen atoms in total. The van der Waals surface area contributed by atoms with Crippen LogP contribution < -0.4 is 9.47 Å². The Bertz CT molecular complexity index is 341. The molecule has 0 heterocycles. The summed E-state index contributed by atoms with van der Waals surface area (Å²) in [6.45, 7) is 5.07. The third kappa shape index (κ3) is 4.21. The Hall–Kier alpha value is -0.740. The molecule has 1 aromatic rings. The summed E-state index contributed by atoms with van der Waals surface area (Å²) in [5, 5.41) is 0.741. The summed E-state index contributed by atoms with van der Waals surface area (Å²) in [6, 6.07) is 5.90. The molecule has 0 aliphatic heterocycles.